The summed E-state index contributed by atoms with van der Waals surface area (Å²) in [5, 5.41) is 6.82. The molecule has 0 aliphatic heterocycles. The minimum atomic E-state index is -3.71. The molecular weight excluding hydrogens is 426 g/mol. The van der Waals surface area contributed by atoms with Gasteiger partial charge in [0.2, 0.25) is 5.91 Å². The SMILES string of the molecule is Cc1cccc(C)c1NS(=O)(=O)c1ccc(C=Cc2onc(C)c2NC(=O)C2CC2)cc1. The quantitative estimate of drug-likeness (QED) is 0.531. The fraction of sp³-hybridized carbons (Fsp3) is 0.250. The summed E-state index contributed by atoms with van der Waals surface area (Å²) >= 11 is 0. The molecule has 8 heteroatoms. The Morgan fingerprint density at radius 2 is 1.66 bits per heavy atom. The van der Waals surface area contributed by atoms with Crippen LogP contribution in [0.25, 0.3) is 12.2 Å². The second-order valence-corrected chi connectivity index (χ2v) is 9.73. The molecule has 2 N–H and O–H groups in total. The summed E-state index contributed by atoms with van der Waals surface area (Å²) in [5.74, 6) is 0.509. The van der Waals surface area contributed by atoms with Gasteiger partial charge in [-0.2, -0.15) is 0 Å². The first kappa shape index (κ1) is 21.8. The van der Waals surface area contributed by atoms with Crippen LogP contribution in [0.1, 0.15) is 41.0 Å². The molecule has 4 rings (SSSR count). The number of anilines is 2. The lowest BCUT2D eigenvalue weighted by molar-refractivity contribution is -0.117. The van der Waals surface area contributed by atoms with E-state index in [4.69, 9.17) is 4.52 Å². The van der Waals surface area contributed by atoms with E-state index < -0.39 is 10.0 Å². The Morgan fingerprint density at radius 1 is 1.00 bits per heavy atom. The Bertz CT molecular complexity index is 1270. The number of para-hydroxylation sites is 1. The van der Waals surface area contributed by atoms with Crippen LogP contribution in [0.5, 0.6) is 0 Å². The summed E-state index contributed by atoms with van der Waals surface area (Å²) in [6.45, 7) is 5.50. The van der Waals surface area contributed by atoms with Gasteiger partial charge in [0.1, 0.15) is 11.4 Å². The predicted octanol–water partition coefficient (Wildman–Crippen LogP) is 4.92. The Kier molecular flexibility index (Phi) is 5.88. The zero-order valence-corrected chi connectivity index (χ0v) is 19.0. The van der Waals surface area contributed by atoms with Crippen molar-refractivity contribution < 1.29 is 17.7 Å². The average molecular weight is 452 g/mol. The monoisotopic (exact) mass is 451 g/mol. The molecule has 0 spiro atoms. The van der Waals surface area contributed by atoms with Gasteiger partial charge < -0.3 is 9.84 Å². The first-order chi connectivity index (χ1) is 15.2. The van der Waals surface area contributed by atoms with E-state index in [1.54, 1.807) is 43.3 Å². The Balaban J connectivity index is 1.50. The van der Waals surface area contributed by atoms with E-state index in [9.17, 15) is 13.2 Å². The molecule has 1 heterocycles. The fourth-order valence-corrected chi connectivity index (χ4v) is 4.53. The maximum Gasteiger partial charge on any atom is 0.261 e. The van der Waals surface area contributed by atoms with Crippen molar-refractivity contribution in [1.82, 2.24) is 5.16 Å². The van der Waals surface area contributed by atoms with Crippen molar-refractivity contribution >= 4 is 39.5 Å². The van der Waals surface area contributed by atoms with Crippen LogP contribution in [-0.4, -0.2) is 19.5 Å². The van der Waals surface area contributed by atoms with Crippen molar-refractivity contribution in [2.75, 3.05) is 10.0 Å². The molecule has 0 radical (unpaired) electrons. The van der Waals surface area contributed by atoms with Crippen molar-refractivity contribution in [3.8, 4) is 0 Å². The summed E-state index contributed by atoms with van der Waals surface area (Å²) in [4.78, 5) is 12.3. The summed E-state index contributed by atoms with van der Waals surface area (Å²) in [6, 6.07) is 12.1. The molecule has 0 atom stereocenters. The normalized spacial score (nSPS) is 14.0. The Labute approximate surface area is 187 Å². The average Bonchev–Trinajstić information content (AvgIpc) is 3.56. The Morgan fingerprint density at radius 3 is 2.28 bits per heavy atom. The lowest BCUT2D eigenvalue weighted by Gasteiger charge is -2.13. The van der Waals surface area contributed by atoms with Gasteiger partial charge in [0.25, 0.3) is 10.0 Å². The van der Waals surface area contributed by atoms with Gasteiger partial charge in [-0.15, -0.1) is 0 Å². The van der Waals surface area contributed by atoms with Crippen molar-refractivity contribution in [3.63, 3.8) is 0 Å². The Hall–Kier alpha value is -3.39. The molecule has 166 valence electrons. The second kappa shape index (κ2) is 8.63. The van der Waals surface area contributed by atoms with Gasteiger partial charge >= 0.3 is 0 Å². The predicted molar refractivity (Wildman–Crippen MR) is 125 cm³/mol. The number of sulfonamides is 1. The smallest absolute Gasteiger partial charge is 0.261 e. The van der Waals surface area contributed by atoms with E-state index in [-0.39, 0.29) is 16.7 Å². The number of amides is 1. The number of carbonyl (C=O) groups is 1. The van der Waals surface area contributed by atoms with Crippen molar-refractivity contribution in [1.29, 1.82) is 0 Å². The number of rotatable bonds is 7. The van der Waals surface area contributed by atoms with Crippen LogP contribution in [-0.2, 0) is 14.8 Å². The third-order valence-corrected chi connectivity index (χ3v) is 6.79. The molecule has 1 aromatic heterocycles. The van der Waals surface area contributed by atoms with Gasteiger partial charge in [0.05, 0.1) is 10.6 Å². The molecule has 1 amide bonds. The molecule has 32 heavy (non-hydrogen) atoms. The van der Waals surface area contributed by atoms with Gasteiger partial charge in [0.15, 0.2) is 5.76 Å². The highest BCUT2D eigenvalue weighted by molar-refractivity contribution is 7.92. The number of nitrogens with zero attached hydrogens (tertiary/aromatic N) is 1. The molecule has 1 saturated carbocycles. The third kappa shape index (κ3) is 4.75. The number of aryl methyl sites for hydroxylation is 3. The molecule has 1 aliphatic rings. The molecule has 1 fully saturated rings. The van der Waals surface area contributed by atoms with Gasteiger partial charge in [-0.05, 0) is 68.5 Å². The highest BCUT2D eigenvalue weighted by Gasteiger charge is 2.30. The number of aromatic nitrogens is 1. The van der Waals surface area contributed by atoms with E-state index >= 15 is 0 Å². The minimum Gasteiger partial charge on any atom is -0.354 e. The third-order valence-electron chi connectivity index (χ3n) is 5.42. The van der Waals surface area contributed by atoms with E-state index in [0.29, 0.717) is 22.8 Å². The van der Waals surface area contributed by atoms with Crippen LogP contribution in [0.4, 0.5) is 11.4 Å². The lowest BCUT2D eigenvalue weighted by atomic mass is 10.1. The van der Waals surface area contributed by atoms with Gasteiger partial charge in [0, 0.05) is 5.92 Å². The first-order valence-electron chi connectivity index (χ1n) is 10.4. The van der Waals surface area contributed by atoms with E-state index in [0.717, 1.165) is 29.5 Å². The van der Waals surface area contributed by atoms with Crippen molar-refractivity contribution in [2.45, 2.75) is 38.5 Å². The van der Waals surface area contributed by atoms with Gasteiger partial charge in [-0.25, -0.2) is 8.42 Å². The van der Waals surface area contributed by atoms with Crippen LogP contribution in [0.3, 0.4) is 0 Å². The molecule has 7 nitrogen and oxygen atoms in total. The number of carbonyl (C=O) groups excluding carboxylic acids is 1. The van der Waals surface area contributed by atoms with Crippen LogP contribution in [0.2, 0.25) is 0 Å². The molecule has 0 saturated heterocycles. The zero-order valence-electron chi connectivity index (χ0n) is 18.2. The highest BCUT2D eigenvalue weighted by atomic mass is 32.2. The van der Waals surface area contributed by atoms with Crippen LogP contribution >= 0.6 is 0 Å². The van der Waals surface area contributed by atoms with Crippen molar-refractivity contribution in [3.05, 3.63) is 70.6 Å². The molecule has 3 aromatic rings. The molecular formula is C24H25N3O4S. The topological polar surface area (TPSA) is 101 Å². The summed E-state index contributed by atoms with van der Waals surface area (Å²) in [6.07, 6.45) is 5.31. The standard InChI is InChI=1S/C24H25N3O4S/c1-15-5-4-6-16(2)22(15)27-32(29,30)20-12-7-18(8-13-20)9-14-21-23(17(3)26-31-21)25-24(28)19-10-11-19/h4-9,12-14,19,27H,10-11H2,1-3H3,(H,25,28). The maximum absolute atomic E-state index is 12.8. The second-order valence-electron chi connectivity index (χ2n) is 8.05. The number of benzene rings is 2. The fourth-order valence-electron chi connectivity index (χ4n) is 3.32. The largest absolute Gasteiger partial charge is 0.354 e. The number of nitrogens with one attached hydrogen (secondary N) is 2. The molecule has 0 bridgehead atoms. The van der Waals surface area contributed by atoms with Crippen LogP contribution in [0.15, 0.2) is 51.9 Å². The first-order valence-corrected chi connectivity index (χ1v) is 11.9. The van der Waals surface area contributed by atoms with Crippen molar-refractivity contribution in [2.24, 2.45) is 5.92 Å². The van der Waals surface area contributed by atoms with Crippen LogP contribution in [0, 0.1) is 26.7 Å². The van der Waals surface area contributed by atoms with Crippen LogP contribution < -0.4 is 10.0 Å². The van der Waals surface area contributed by atoms with E-state index in [1.807, 2.05) is 32.0 Å². The minimum absolute atomic E-state index is 0.0168. The summed E-state index contributed by atoms with van der Waals surface area (Å²) in [7, 11) is -3.71. The molecule has 2 aromatic carbocycles. The molecule has 1 aliphatic carbocycles. The zero-order chi connectivity index (χ0) is 22.9. The molecule has 0 unspecified atom stereocenters. The lowest BCUT2D eigenvalue weighted by Crippen LogP contribution is -2.14. The van der Waals surface area contributed by atoms with Gasteiger partial charge in [-0.3, -0.25) is 9.52 Å². The highest BCUT2D eigenvalue weighted by Crippen LogP contribution is 2.32. The number of hydrogen-bond donors (Lipinski definition) is 2. The van der Waals surface area contributed by atoms with Gasteiger partial charge in [-0.1, -0.05) is 41.6 Å². The summed E-state index contributed by atoms with van der Waals surface area (Å²) < 4.78 is 33.6. The number of hydrogen-bond acceptors (Lipinski definition) is 5. The maximum atomic E-state index is 12.8. The van der Waals surface area contributed by atoms with E-state index in [2.05, 4.69) is 15.2 Å². The van der Waals surface area contributed by atoms with E-state index in [1.165, 1.54) is 0 Å². The summed E-state index contributed by atoms with van der Waals surface area (Å²) in [5.41, 5.74) is 4.27.